The van der Waals surface area contributed by atoms with Gasteiger partial charge in [-0.2, -0.15) is 0 Å². The second-order valence-corrected chi connectivity index (χ2v) is 14.8. The molecule has 4 nitrogen and oxygen atoms in total. The molecule has 1 aliphatic rings. The molecule has 11 rings (SSSR count). The van der Waals surface area contributed by atoms with Crippen molar-refractivity contribution in [3.63, 3.8) is 0 Å². The van der Waals surface area contributed by atoms with E-state index in [4.69, 9.17) is 13.8 Å². The van der Waals surface area contributed by atoms with E-state index in [0.717, 1.165) is 55.6 Å². The summed E-state index contributed by atoms with van der Waals surface area (Å²) in [5, 5.41) is 4.49. The molecule has 0 saturated carbocycles. The van der Waals surface area contributed by atoms with Crippen molar-refractivity contribution < 1.29 is 8.83 Å². The summed E-state index contributed by atoms with van der Waals surface area (Å²) in [6.07, 6.45) is 0. The van der Waals surface area contributed by atoms with E-state index in [-0.39, 0.29) is 5.41 Å². The summed E-state index contributed by atoms with van der Waals surface area (Å²) in [6, 6.07) is 60.4. The van der Waals surface area contributed by atoms with Crippen molar-refractivity contribution >= 4 is 60.9 Å². The number of nitrogens with zero attached hydrogens (tertiary/aromatic N) is 2. The highest BCUT2D eigenvalue weighted by atomic mass is 16.4. The summed E-state index contributed by atoms with van der Waals surface area (Å²) in [5.41, 5.74) is 14.7. The summed E-state index contributed by atoms with van der Waals surface area (Å²) in [4.78, 5) is 7.30. The smallest absolute Gasteiger partial charge is 0.227 e. The predicted octanol–water partition coefficient (Wildman–Crippen LogP) is 14.0. The Morgan fingerprint density at radius 1 is 0.481 bits per heavy atom. The van der Waals surface area contributed by atoms with E-state index in [9.17, 15) is 0 Å². The third kappa shape index (κ3) is 4.66. The van der Waals surface area contributed by atoms with Crippen LogP contribution >= 0.6 is 0 Å². The lowest BCUT2D eigenvalue weighted by Gasteiger charge is -2.29. The summed E-state index contributed by atoms with van der Waals surface area (Å²) in [6.45, 7) is 4.67. The second-order valence-electron chi connectivity index (χ2n) is 14.8. The lowest BCUT2D eigenvalue weighted by Crippen LogP contribution is -2.16. The normalized spacial score (nSPS) is 13.1. The maximum absolute atomic E-state index is 6.48. The molecule has 54 heavy (non-hydrogen) atoms. The van der Waals surface area contributed by atoms with Gasteiger partial charge < -0.3 is 13.7 Å². The largest absolute Gasteiger partial charge is 0.456 e. The fourth-order valence-corrected chi connectivity index (χ4v) is 8.57. The summed E-state index contributed by atoms with van der Waals surface area (Å²) in [5.74, 6) is 0.599. The molecule has 4 heteroatoms. The molecule has 0 bridgehead atoms. The van der Waals surface area contributed by atoms with Gasteiger partial charge in [-0.05, 0) is 99.3 Å². The van der Waals surface area contributed by atoms with Crippen LogP contribution in [0.5, 0.6) is 0 Å². The zero-order valence-electron chi connectivity index (χ0n) is 29.9. The first-order chi connectivity index (χ1) is 26.5. The Hall–Kier alpha value is -6.91. The molecule has 0 spiro atoms. The van der Waals surface area contributed by atoms with Gasteiger partial charge in [-0.25, -0.2) is 4.98 Å². The van der Waals surface area contributed by atoms with Gasteiger partial charge in [0.25, 0.3) is 0 Å². The highest BCUT2D eigenvalue weighted by Gasteiger charge is 2.37. The molecule has 0 unspecified atom stereocenters. The SMILES string of the molecule is CC1(C)c2ccccc2-c2c(N(c3cccc(-c4ccc5ccccc5c4)c3)c3ccc4oc5cc6oc(-c7ccccc7)nc6cc5c4c3)cccc21. The fraction of sp³-hybridized carbons (Fsp3) is 0.0600. The Bertz CT molecular complexity index is 3100. The van der Waals surface area contributed by atoms with Gasteiger partial charge in [-0.3, -0.25) is 0 Å². The van der Waals surface area contributed by atoms with Crippen molar-refractivity contribution in [3.05, 3.63) is 181 Å². The van der Waals surface area contributed by atoms with Gasteiger partial charge in [0.1, 0.15) is 16.7 Å². The van der Waals surface area contributed by atoms with Gasteiger partial charge in [0.05, 0.1) is 5.69 Å². The van der Waals surface area contributed by atoms with Crippen LogP contribution in [0.4, 0.5) is 17.1 Å². The molecular formula is C50H34N2O2. The number of hydrogen-bond acceptors (Lipinski definition) is 4. The molecule has 0 radical (unpaired) electrons. The minimum absolute atomic E-state index is 0.132. The average Bonchev–Trinajstić information content (AvgIpc) is 3.87. The minimum atomic E-state index is -0.132. The summed E-state index contributed by atoms with van der Waals surface area (Å²) in [7, 11) is 0. The number of benzene rings is 8. The molecule has 10 aromatic rings. The molecule has 2 heterocycles. The van der Waals surface area contributed by atoms with E-state index >= 15 is 0 Å². The van der Waals surface area contributed by atoms with Crippen LogP contribution in [0, 0.1) is 0 Å². The van der Waals surface area contributed by atoms with E-state index < -0.39 is 0 Å². The number of furan rings is 1. The van der Waals surface area contributed by atoms with Crippen LogP contribution in [-0.4, -0.2) is 4.98 Å². The molecule has 0 saturated heterocycles. The summed E-state index contributed by atoms with van der Waals surface area (Å²) < 4.78 is 12.7. The number of hydrogen-bond donors (Lipinski definition) is 0. The van der Waals surface area contributed by atoms with Crippen molar-refractivity contribution in [2.45, 2.75) is 19.3 Å². The Balaban J connectivity index is 1.12. The average molecular weight is 695 g/mol. The Morgan fingerprint density at radius 3 is 2.11 bits per heavy atom. The molecule has 0 N–H and O–H groups in total. The Kier molecular flexibility index (Phi) is 6.56. The molecule has 0 fully saturated rings. The third-order valence-electron chi connectivity index (χ3n) is 11.3. The van der Waals surface area contributed by atoms with Crippen molar-refractivity contribution in [3.8, 4) is 33.7 Å². The number of anilines is 3. The van der Waals surface area contributed by atoms with Gasteiger partial charge >= 0.3 is 0 Å². The molecule has 2 aromatic heterocycles. The van der Waals surface area contributed by atoms with E-state index in [1.807, 2.05) is 36.4 Å². The third-order valence-corrected chi connectivity index (χ3v) is 11.3. The number of oxazole rings is 1. The molecule has 0 atom stereocenters. The quantitative estimate of drug-likeness (QED) is 0.180. The van der Waals surface area contributed by atoms with E-state index in [1.54, 1.807) is 0 Å². The van der Waals surface area contributed by atoms with Crippen LogP contribution < -0.4 is 4.90 Å². The number of rotatable bonds is 5. The van der Waals surface area contributed by atoms with Crippen LogP contribution in [0.3, 0.4) is 0 Å². The molecular weight excluding hydrogens is 661 g/mol. The molecule has 1 aliphatic carbocycles. The van der Waals surface area contributed by atoms with Crippen molar-refractivity contribution in [2.75, 3.05) is 4.90 Å². The zero-order chi connectivity index (χ0) is 36.0. The van der Waals surface area contributed by atoms with Gasteiger partial charge in [0, 0.05) is 44.8 Å². The highest BCUT2D eigenvalue weighted by Crippen LogP contribution is 2.54. The molecule has 0 aliphatic heterocycles. The lowest BCUT2D eigenvalue weighted by molar-refractivity contribution is 0.617. The minimum Gasteiger partial charge on any atom is -0.456 e. The van der Waals surface area contributed by atoms with Gasteiger partial charge in [-0.15, -0.1) is 0 Å². The number of fused-ring (bicyclic) bond motifs is 8. The maximum Gasteiger partial charge on any atom is 0.227 e. The Labute approximate surface area is 312 Å². The van der Waals surface area contributed by atoms with Crippen LogP contribution in [0.2, 0.25) is 0 Å². The Morgan fingerprint density at radius 2 is 1.20 bits per heavy atom. The maximum atomic E-state index is 6.48. The zero-order valence-corrected chi connectivity index (χ0v) is 29.9. The first-order valence-electron chi connectivity index (χ1n) is 18.4. The first-order valence-corrected chi connectivity index (χ1v) is 18.4. The van der Waals surface area contributed by atoms with Gasteiger partial charge in [0.2, 0.25) is 5.89 Å². The predicted molar refractivity (Wildman–Crippen MR) is 222 cm³/mol. The monoisotopic (exact) mass is 694 g/mol. The van der Waals surface area contributed by atoms with Crippen LogP contribution in [0.25, 0.3) is 77.5 Å². The standard InChI is InChI=1S/C50H34N2O2/c1-50(2)41-19-9-8-18-38(41)48-42(50)20-11-21-44(48)52(36-17-10-16-34(27-36)35-23-22-31-12-6-7-15-33(31)26-35)37-24-25-45-39(28-37)40-29-43-47(30-46(40)53-45)54-49(51-43)32-13-4-3-5-14-32/h3-30H,1-2H3. The van der Waals surface area contributed by atoms with Crippen LogP contribution in [0.1, 0.15) is 25.0 Å². The van der Waals surface area contributed by atoms with Crippen LogP contribution in [-0.2, 0) is 5.41 Å². The van der Waals surface area contributed by atoms with Gasteiger partial charge in [-0.1, -0.05) is 117 Å². The highest BCUT2D eigenvalue weighted by molar-refractivity contribution is 6.10. The topological polar surface area (TPSA) is 42.4 Å². The van der Waals surface area contributed by atoms with Crippen molar-refractivity contribution in [1.82, 2.24) is 4.98 Å². The van der Waals surface area contributed by atoms with E-state index in [0.29, 0.717) is 11.5 Å². The van der Waals surface area contributed by atoms with Crippen molar-refractivity contribution in [2.24, 2.45) is 0 Å². The molecule has 256 valence electrons. The molecule has 8 aromatic carbocycles. The second kappa shape index (κ2) is 11.5. The fourth-order valence-electron chi connectivity index (χ4n) is 8.57. The summed E-state index contributed by atoms with van der Waals surface area (Å²) >= 11 is 0. The first kappa shape index (κ1) is 30.7. The van der Waals surface area contributed by atoms with Crippen LogP contribution in [0.15, 0.2) is 179 Å². The molecule has 0 amide bonds. The lowest BCUT2D eigenvalue weighted by atomic mass is 9.82. The van der Waals surface area contributed by atoms with Crippen molar-refractivity contribution in [1.29, 1.82) is 0 Å². The van der Waals surface area contributed by atoms with E-state index in [2.05, 4.69) is 152 Å². The van der Waals surface area contributed by atoms with E-state index in [1.165, 1.54) is 38.6 Å². The van der Waals surface area contributed by atoms with Gasteiger partial charge in [0.15, 0.2) is 5.58 Å². The number of aromatic nitrogens is 1.